The summed E-state index contributed by atoms with van der Waals surface area (Å²) < 4.78 is 14.1. The number of nitrogens with two attached hydrogens (primary N) is 1. The van der Waals surface area contributed by atoms with E-state index < -0.39 is 11.7 Å². The van der Waals surface area contributed by atoms with Gasteiger partial charge in [0.2, 0.25) is 0 Å². The minimum Gasteiger partial charge on any atom is -0.397 e. The highest BCUT2D eigenvalue weighted by Gasteiger charge is 2.15. The van der Waals surface area contributed by atoms with Crippen molar-refractivity contribution >= 4 is 33.2 Å². The van der Waals surface area contributed by atoms with Crippen LogP contribution in [0, 0.1) is 12.7 Å². The van der Waals surface area contributed by atoms with Gasteiger partial charge in [-0.3, -0.25) is 4.79 Å². The van der Waals surface area contributed by atoms with Crippen LogP contribution in [0.4, 0.5) is 15.8 Å². The summed E-state index contributed by atoms with van der Waals surface area (Å²) in [5, 5.41) is 2.64. The number of halogens is 2. The van der Waals surface area contributed by atoms with Crippen molar-refractivity contribution in [2.75, 3.05) is 11.1 Å². The number of nitrogens with one attached hydrogen (secondary N) is 1. The highest BCUT2D eigenvalue weighted by molar-refractivity contribution is 9.10. The number of amides is 1. The number of anilines is 2. The SMILES string of the molecule is Cc1cccc(N)c1NC(=O)c1cccc(Br)c1F. The Bertz CT molecular complexity index is 623. The van der Waals surface area contributed by atoms with Gasteiger partial charge in [-0.2, -0.15) is 0 Å². The van der Waals surface area contributed by atoms with Crippen molar-refractivity contribution in [1.29, 1.82) is 0 Å². The number of hydrogen-bond acceptors (Lipinski definition) is 2. The molecular weight excluding hydrogens is 311 g/mol. The van der Waals surface area contributed by atoms with Crippen molar-refractivity contribution in [3.8, 4) is 0 Å². The molecule has 0 fully saturated rings. The van der Waals surface area contributed by atoms with Crippen molar-refractivity contribution in [3.63, 3.8) is 0 Å². The summed E-state index contributed by atoms with van der Waals surface area (Å²) >= 11 is 3.05. The van der Waals surface area contributed by atoms with E-state index in [-0.39, 0.29) is 10.0 Å². The zero-order valence-corrected chi connectivity index (χ0v) is 11.8. The molecule has 1 amide bonds. The first-order valence-corrected chi connectivity index (χ1v) is 6.40. The van der Waals surface area contributed by atoms with Gasteiger partial charge >= 0.3 is 0 Å². The molecule has 0 heterocycles. The maximum atomic E-state index is 13.8. The summed E-state index contributed by atoms with van der Waals surface area (Å²) in [6.07, 6.45) is 0. The zero-order chi connectivity index (χ0) is 14.0. The quantitative estimate of drug-likeness (QED) is 0.828. The van der Waals surface area contributed by atoms with Gasteiger partial charge in [0.05, 0.1) is 21.4 Å². The molecule has 98 valence electrons. The number of para-hydroxylation sites is 1. The van der Waals surface area contributed by atoms with E-state index in [1.165, 1.54) is 12.1 Å². The Morgan fingerprint density at radius 1 is 1.26 bits per heavy atom. The predicted octanol–water partition coefficient (Wildman–Crippen LogP) is 3.73. The van der Waals surface area contributed by atoms with Gasteiger partial charge in [-0.15, -0.1) is 0 Å². The van der Waals surface area contributed by atoms with Crippen LogP contribution in [-0.4, -0.2) is 5.91 Å². The maximum Gasteiger partial charge on any atom is 0.258 e. The van der Waals surface area contributed by atoms with Gasteiger partial charge in [-0.1, -0.05) is 18.2 Å². The predicted molar refractivity (Wildman–Crippen MR) is 77.6 cm³/mol. The fraction of sp³-hybridized carbons (Fsp3) is 0.0714. The van der Waals surface area contributed by atoms with Crippen LogP contribution in [0.5, 0.6) is 0 Å². The average Bonchev–Trinajstić information content (AvgIpc) is 2.37. The Morgan fingerprint density at radius 3 is 2.63 bits per heavy atom. The molecular formula is C14H12BrFN2O. The smallest absolute Gasteiger partial charge is 0.258 e. The molecule has 3 N–H and O–H groups in total. The molecule has 5 heteroatoms. The van der Waals surface area contributed by atoms with Gasteiger partial charge in [0.15, 0.2) is 0 Å². The topological polar surface area (TPSA) is 55.1 Å². The number of carbonyl (C=O) groups is 1. The molecule has 0 saturated carbocycles. The Hall–Kier alpha value is -1.88. The van der Waals surface area contributed by atoms with Crippen LogP contribution < -0.4 is 11.1 Å². The summed E-state index contributed by atoms with van der Waals surface area (Å²) in [6.45, 7) is 1.82. The Labute approximate surface area is 118 Å². The molecule has 2 aromatic carbocycles. The lowest BCUT2D eigenvalue weighted by atomic mass is 10.1. The first-order chi connectivity index (χ1) is 9.00. The van der Waals surface area contributed by atoms with Crippen molar-refractivity contribution in [3.05, 3.63) is 57.8 Å². The van der Waals surface area contributed by atoms with E-state index >= 15 is 0 Å². The minimum atomic E-state index is -0.591. The third-order valence-corrected chi connectivity index (χ3v) is 3.35. The number of rotatable bonds is 2. The van der Waals surface area contributed by atoms with E-state index in [0.717, 1.165) is 5.56 Å². The van der Waals surface area contributed by atoms with Crippen LogP contribution in [0.15, 0.2) is 40.9 Å². The van der Waals surface area contributed by atoms with Crippen LogP contribution >= 0.6 is 15.9 Å². The van der Waals surface area contributed by atoms with Gasteiger partial charge in [0.1, 0.15) is 5.82 Å². The molecule has 2 aromatic rings. The second-order valence-corrected chi connectivity index (χ2v) is 4.95. The summed E-state index contributed by atoms with van der Waals surface area (Å²) in [5.41, 5.74) is 7.54. The molecule has 0 atom stereocenters. The first-order valence-electron chi connectivity index (χ1n) is 5.61. The van der Waals surface area contributed by atoms with Gasteiger partial charge < -0.3 is 11.1 Å². The van der Waals surface area contributed by atoms with Crippen LogP contribution in [0.2, 0.25) is 0 Å². The van der Waals surface area contributed by atoms with E-state index in [1.807, 2.05) is 13.0 Å². The van der Waals surface area contributed by atoms with Crippen LogP contribution in [-0.2, 0) is 0 Å². The molecule has 2 rings (SSSR count). The number of carbonyl (C=O) groups excluding carboxylic acids is 1. The maximum absolute atomic E-state index is 13.8. The highest BCUT2D eigenvalue weighted by Crippen LogP contribution is 2.24. The standard InChI is InChI=1S/C14H12BrFN2O/c1-8-4-2-7-11(17)13(8)18-14(19)9-5-3-6-10(15)12(9)16/h2-7H,17H2,1H3,(H,18,19). The lowest BCUT2D eigenvalue weighted by molar-refractivity contribution is 0.102. The molecule has 0 aliphatic heterocycles. The molecule has 0 saturated heterocycles. The third kappa shape index (κ3) is 2.76. The molecule has 0 spiro atoms. The zero-order valence-electron chi connectivity index (χ0n) is 10.2. The van der Waals surface area contributed by atoms with Gasteiger partial charge in [-0.25, -0.2) is 4.39 Å². The number of aryl methyl sites for hydroxylation is 1. The molecule has 0 aromatic heterocycles. The van der Waals surface area contributed by atoms with Gasteiger partial charge in [0, 0.05) is 0 Å². The summed E-state index contributed by atoms with van der Waals surface area (Å²) in [4.78, 5) is 12.1. The molecule has 3 nitrogen and oxygen atoms in total. The molecule has 0 aliphatic rings. The first kappa shape index (κ1) is 13.5. The van der Waals surface area contributed by atoms with E-state index in [4.69, 9.17) is 5.73 Å². The van der Waals surface area contributed by atoms with Crippen molar-refractivity contribution < 1.29 is 9.18 Å². The normalized spacial score (nSPS) is 10.3. The fourth-order valence-electron chi connectivity index (χ4n) is 1.72. The Morgan fingerprint density at radius 2 is 1.95 bits per heavy atom. The minimum absolute atomic E-state index is 0.0305. The summed E-state index contributed by atoms with van der Waals surface area (Å²) in [6, 6.07) is 9.85. The lowest BCUT2D eigenvalue weighted by Gasteiger charge is -2.11. The van der Waals surface area contributed by atoms with Gasteiger partial charge in [-0.05, 0) is 46.6 Å². The number of benzene rings is 2. The average molecular weight is 323 g/mol. The number of hydrogen-bond donors (Lipinski definition) is 2. The monoisotopic (exact) mass is 322 g/mol. The summed E-state index contributed by atoms with van der Waals surface area (Å²) in [5.74, 6) is -1.12. The molecule has 0 bridgehead atoms. The van der Waals surface area contributed by atoms with Gasteiger partial charge in [0.25, 0.3) is 5.91 Å². The van der Waals surface area contributed by atoms with E-state index in [1.54, 1.807) is 18.2 Å². The summed E-state index contributed by atoms with van der Waals surface area (Å²) in [7, 11) is 0. The van der Waals surface area contributed by atoms with E-state index in [0.29, 0.717) is 11.4 Å². The van der Waals surface area contributed by atoms with Crippen molar-refractivity contribution in [1.82, 2.24) is 0 Å². The largest absolute Gasteiger partial charge is 0.397 e. The van der Waals surface area contributed by atoms with E-state index in [2.05, 4.69) is 21.2 Å². The second kappa shape index (κ2) is 5.40. The van der Waals surface area contributed by atoms with Crippen LogP contribution in [0.3, 0.4) is 0 Å². The number of nitrogen functional groups attached to an aromatic ring is 1. The van der Waals surface area contributed by atoms with E-state index in [9.17, 15) is 9.18 Å². The molecule has 0 unspecified atom stereocenters. The van der Waals surface area contributed by atoms with Crippen molar-refractivity contribution in [2.24, 2.45) is 0 Å². The molecule has 19 heavy (non-hydrogen) atoms. The fourth-order valence-corrected chi connectivity index (χ4v) is 2.09. The third-order valence-electron chi connectivity index (χ3n) is 2.74. The Balaban J connectivity index is 2.34. The van der Waals surface area contributed by atoms with Crippen LogP contribution in [0.25, 0.3) is 0 Å². The van der Waals surface area contributed by atoms with Crippen molar-refractivity contribution in [2.45, 2.75) is 6.92 Å². The highest BCUT2D eigenvalue weighted by atomic mass is 79.9. The van der Waals surface area contributed by atoms with Crippen LogP contribution in [0.1, 0.15) is 15.9 Å². The molecule has 0 aliphatic carbocycles. The lowest BCUT2D eigenvalue weighted by Crippen LogP contribution is -2.15. The Kier molecular flexibility index (Phi) is 3.85. The second-order valence-electron chi connectivity index (χ2n) is 4.09. The molecule has 0 radical (unpaired) electrons.